The Kier molecular flexibility index (Phi) is 5.90. The van der Waals surface area contributed by atoms with Gasteiger partial charge in [-0.15, -0.1) is 0 Å². The molecule has 1 amide bonds. The third-order valence-electron chi connectivity index (χ3n) is 2.10. The van der Waals surface area contributed by atoms with Crippen LogP contribution in [0.1, 0.15) is 27.2 Å². The van der Waals surface area contributed by atoms with Crippen molar-refractivity contribution in [1.29, 1.82) is 0 Å². The van der Waals surface area contributed by atoms with Crippen LogP contribution in [-0.2, 0) is 4.79 Å². The van der Waals surface area contributed by atoms with Gasteiger partial charge in [-0.2, -0.15) is 0 Å². The topological polar surface area (TPSA) is 78.9 Å². The smallest absolute Gasteiger partial charge is 0.221 e. The van der Waals surface area contributed by atoms with Crippen LogP contribution >= 0.6 is 0 Å². The van der Waals surface area contributed by atoms with Crippen molar-refractivity contribution in [3.8, 4) is 0 Å². The lowest BCUT2D eigenvalue weighted by atomic mass is 10.3. The number of anilines is 2. The van der Waals surface area contributed by atoms with Crippen molar-refractivity contribution in [1.82, 2.24) is 15.3 Å². The van der Waals surface area contributed by atoms with E-state index in [4.69, 9.17) is 0 Å². The van der Waals surface area contributed by atoms with Crippen molar-refractivity contribution in [2.24, 2.45) is 0 Å². The van der Waals surface area contributed by atoms with Crippen molar-refractivity contribution < 1.29 is 4.79 Å². The molecule has 18 heavy (non-hydrogen) atoms. The highest BCUT2D eigenvalue weighted by molar-refractivity contribution is 5.76. The van der Waals surface area contributed by atoms with Crippen LogP contribution in [0.25, 0.3) is 0 Å². The van der Waals surface area contributed by atoms with Gasteiger partial charge in [0.1, 0.15) is 11.6 Å². The molecule has 0 radical (unpaired) electrons. The van der Waals surface area contributed by atoms with E-state index in [9.17, 15) is 4.79 Å². The van der Waals surface area contributed by atoms with Crippen LogP contribution in [0.5, 0.6) is 0 Å². The van der Waals surface area contributed by atoms with E-state index >= 15 is 0 Å². The Morgan fingerprint density at radius 3 is 2.56 bits per heavy atom. The summed E-state index contributed by atoms with van der Waals surface area (Å²) in [6.07, 6.45) is 3.73. The fraction of sp³-hybridized carbons (Fsp3) is 0.583. The van der Waals surface area contributed by atoms with E-state index in [0.717, 1.165) is 12.4 Å². The Balaban J connectivity index is 2.34. The minimum atomic E-state index is 0.0355. The highest BCUT2D eigenvalue weighted by Crippen LogP contribution is 2.05. The van der Waals surface area contributed by atoms with Gasteiger partial charge in [-0.3, -0.25) is 9.78 Å². The molecule has 0 spiro atoms. The zero-order chi connectivity index (χ0) is 13.4. The van der Waals surface area contributed by atoms with Gasteiger partial charge in [0.15, 0.2) is 0 Å². The van der Waals surface area contributed by atoms with Crippen LogP contribution in [0.15, 0.2) is 12.4 Å². The van der Waals surface area contributed by atoms with Gasteiger partial charge in [0.25, 0.3) is 0 Å². The van der Waals surface area contributed by atoms with Gasteiger partial charge in [0.2, 0.25) is 5.91 Å². The molecule has 0 atom stereocenters. The molecule has 0 saturated carbocycles. The van der Waals surface area contributed by atoms with Gasteiger partial charge in [-0.1, -0.05) is 0 Å². The van der Waals surface area contributed by atoms with Crippen molar-refractivity contribution in [3.63, 3.8) is 0 Å². The molecule has 0 aliphatic rings. The number of carbonyl (C=O) groups excluding carboxylic acids is 1. The second-order valence-electron chi connectivity index (χ2n) is 4.22. The first-order valence-corrected chi connectivity index (χ1v) is 6.21. The lowest BCUT2D eigenvalue weighted by Gasteiger charge is -2.09. The third-order valence-corrected chi connectivity index (χ3v) is 2.10. The van der Waals surface area contributed by atoms with Gasteiger partial charge in [-0.25, -0.2) is 4.98 Å². The summed E-state index contributed by atoms with van der Waals surface area (Å²) >= 11 is 0. The average molecular weight is 251 g/mol. The Hall–Kier alpha value is -1.85. The summed E-state index contributed by atoms with van der Waals surface area (Å²) in [7, 11) is 0. The fourth-order valence-corrected chi connectivity index (χ4v) is 1.42. The maximum absolute atomic E-state index is 11.4. The Morgan fingerprint density at radius 1 is 1.28 bits per heavy atom. The summed E-state index contributed by atoms with van der Waals surface area (Å²) in [5.41, 5.74) is 0. The van der Waals surface area contributed by atoms with Crippen LogP contribution in [0.2, 0.25) is 0 Å². The number of amides is 1. The Bertz CT molecular complexity index is 380. The largest absolute Gasteiger partial charge is 0.369 e. The number of hydrogen-bond donors (Lipinski definition) is 3. The highest BCUT2D eigenvalue weighted by Gasteiger charge is 2.03. The number of rotatable bonds is 7. The lowest BCUT2D eigenvalue weighted by Crippen LogP contribution is -2.31. The third kappa shape index (κ3) is 5.47. The molecule has 1 rings (SSSR count). The van der Waals surface area contributed by atoms with Crippen LogP contribution in [-0.4, -0.2) is 35.0 Å². The molecule has 0 unspecified atom stereocenters. The summed E-state index contributed by atoms with van der Waals surface area (Å²) in [6, 6.07) is 0.175. The van der Waals surface area contributed by atoms with Gasteiger partial charge < -0.3 is 16.0 Å². The number of aromatic nitrogens is 2. The first-order chi connectivity index (χ1) is 8.61. The summed E-state index contributed by atoms with van der Waals surface area (Å²) in [5, 5.41) is 8.99. The molecule has 6 heteroatoms. The Labute approximate surface area is 108 Å². The van der Waals surface area contributed by atoms with Gasteiger partial charge in [-0.05, 0) is 20.8 Å². The summed E-state index contributed by atoms with van der Waals surface area (Å²) in [6.45, 7) is 7.23. The Morgan fingerprint density at radius 2 is 1.94 bits per heavy atom. The van der Waals surface area contributed by atoms with E-state index in [2.05, 4.69) is 25.9 Å². The molecule has 6 nitrogen and oxygen atoms in total. The van der Waals surface area contributed by atoms with Crippen molar-refractivity contribution in [2.75, 3.05) is 23.7 Å². The highest BCUT2D eigenvalue weighted by atomic mass is 16.1. The monoisotopic (exact) mass is 251 g/mol. The van der Waals surface area contributed by atoms with Crippen LogP contribution in [0.3, 0.4) is 0 Å². The molecule has 3 N–H and O–H groups in total. The summed E-state index contributed by atoms with van der Waals surface area (Å²) in [5.74, 6) is 1.44. The molecule has 0 bridgehead atoms. The predicted molar refractivity (Wildman–Crippen MR) is 72.6 cm³/mol. The maximum Gasteiger partial charge on any atom is 0.221 e. The van der Waals surface area contributed by atoms with Crippen LogP contribution < -0.4 is 16.0 Å². The summed E-state index contributed by atoms with van der Waals surface area (Å²) in [4.78, 5) is 19.8. The fourth-order valence-electron chi connectivity index (χ4n) is 1.42. The quantitative estimate of drug-likeness (QED) is 0.679. The predicted octanol–water partition coefficient (Wildman–Crippen LogP) is 1.23. The molecule has 100 valence electrons. The molecule has 0 fully saturated rings. The maximum atomic E-state index is 11.4. The lowest BCUT2D eigenvalue weighted by molar-refractivity contribution is -0.121. The molecule has 1 aromatic rings. The second-order valence-corrected chi connectivity index (χ2v) is 4.22. The zero-order valence-electron chi connectivity index (χ0n) is 11.2. The summed E-state index contributed by atoms with van der Waals surface area (Å²) < 4.78 is 0. The van der Waals surface area contributed by atoms with Gasteiger partial charge in [0.05, 0.1) is 12.4 Å². The number of nitrogens with zero attached hydrogens (tertiary/aromatic N) is 2. The molecule has 0 aliphatic carbocycles. The second kappa shape index (κ2) is 7.47. The minimum Gasteiger partial charge on any atom is -0.369 e. The van der Waals surface area contributed by atoms with E-state index < -0.39 is 0 Å². The molecule has 0 aromatic carbocycles. The van der Waals surface area contributed by atoms with E-state index in [1.165, 1.54) is 0 Å². The van der Waals surface area contributed by atoms with E-state index in [1.807, 2.05) is 20.8 Å². The first kappa shape index (κ1) is 14.2. The van der Waals surface area contributed by atoms with Crippen LogP contribution in [0.4, 0.5) is 11.6 Å². The SMILES string of the molecule is CCNc1cncc(NCCC(=O)NC(C)C)n1. The van der Waals surface area contributed by atoms with E-state index in [1.54, 1.807) is 12.4 Å². The minimum absolute atomic E-state index is 0.0355. The number of nitrogens with one attached hydrogen (secondary N) is 3. The van der Waals surface area contributed by atoms with Crippen molar-refractivity contribution >= 4 is 17.5 Å². The zero-order valence-corrected chi connectivity index (χ0v) is 11.2. The first-order valence-electron chi connectivity index (χ1n) is 6.21. The number of carbonyl (C=O) groups is 1. The molecule has 0 saturated heterocycles. The molecular weight excluding hydrogens is 230 g/mol. The molecule has 1 aromatic heterocycles. The van der Waals surface area contributed by atoms with Gasteiger partial charge >= 0.3 is 0 Å². The van der Waals surface area contributed by atoms with E-state index in [-0.39, 0.29) is 11.9 Å². The molecular formula is C12H21N5O. The normalized spacial score (nSPS) is 10.2. The van der Waals surface area contributed by atoms with E-state index in [0.29, 0.717) is 18.8 Å². The number of hydrogen-bond acceptors (Lipinski definition) is 5. The van der Waals surface area contributed by atoms with Crippen molar-refractivity contribution in [2.45, 2.75) is 33.2 Å². The van der Waals surface area contributed by atoms with Crippen molar-refractivity contribution in [3.05, 3.63) is 12.4 Å². The molecule has 1 heterocycles. The van der Waals surface area contributed by atoms with Crippen LogP contribution in [0, 0.1) is 0 Å². The molecule has 0 aliphatic heterocycles. The average Bonchev–Trinajstić information content (AvgIpc) is 2.29. The van der Waals surface area contributed by atoms with Gasteiger partial charge in [0, 0.05) is 25.6 Å². The standard InChI is InChI=1S/C12H21N5O/c1-4-14-10-7-13-8-11(17-10)15-6-5-12(18)16-9(2)3/h7-9H,4-6H2,1-3H3,(H,16,18)(H2,14,15,17).